The van der Waals surface area contributed by atoms with Crippen molar-refractivity contribution in [2.24, 2.45) is 0 Å². The SMILES string of the molecule is CCCCCCCCC=CCCCCCCCCC1N(C)CCN1CCO. The first kappa shape index (κ1) is 24.7. The minimum absolute atomic E-state index is 0.289. The van der Waals surface area contributed by atoms with E-state index in [2.05, 4.69) is 35.9 Å². The molecular weight excluding hydrogens is 332 g/mol. The van der Waals surface area contributed by atoms with Crippen LogP contribution in [0.2, 0.25) is 0 Å². The van der Waals surface area contributed by atoms with Crippen LogP contribution in [-0.2, 0) is 0 Å². The van der Waals surface area contributed by atoms with Gasteiger partial charge in [0.2, 0.25) is 0 Å². The molecule has 1 rings (SSSR count). The van der Waals surface area contributed by atoms with Crippen molar-refractivity contribution in [2.75, 3.05) is 33.3 Å². The fourth-order valence-corrected chi connectivity index (χ4v) is 4.23. The van der Waals surface area contributed by atoms with Crippen molar-refractivity contribution in [3.05, 3.63) is 12.2 Å². The number of rotatable bonds is 18. The van der Waals surface area contributed by atoms with E-state index < -0.39 is 0 Å². The molecule has 1 heterocycles. The Morgan fingerprint density at radius 3 is 1.93 bits per heavy atom. The highest BCUT2D eigenvalue weighted by Gasteiger charge is 2.27. The molecule has 1 aliphatic heterocycles. The number of unbranched alkanes of at least 4 members (excludes halogenated alkanes) is 12. The van der Waals surface area contributed by atoms with Crippen LogP contribution < -0.4 is 0 Å². The lowest BCUT2D eigenvalue weighted by atomic mass is 10.1. The molecule has 27 heavy (non-hydrogen) atoms. The zero-order valence-corrected chi connectivity index (χ0v) is 18.5. The van der Waals surface area contributed by atoms with Crippen molar-refractivity contribution >= 4 is 0 Å². The fourth-order valence-electron chi connectivity index (χ4n) is 4.23. The van der Waals surface area contributed by atoms with Crippen LogP contribution in [0.4, 0.5) is 0 Å². The Hall–Kier alpha value is -0.380. The lowest BCUT2D eigenvalue weighted by Gasteiger charge is -2.27. The van der Waals surface area contributed by atoms with Crippen LogP contribution in [0, 0.1) is 0 Å². The number of hydrogen-bond acceptors (Lipinski definition) is 3. The Morgan fingerprint density at radius 1 is 0.778 bits per heavy atom. The predicted molar refractivity (Wildman–Crippen MR) is 119 cm³/mol. The number of hydrogen-bond donors (Lipinski definition) is 1. The third-order valence-electron chi connectivity index (χ3n) is 6.03. The van der Waals surface area contributed by atoms with E-state index >= 15 is 0 Å². The topological polar surface area (TPSA) is 26.7 Å². The molecule has 0 aliphatic carbocycles. The van der Waals surface area contributed by atoms with Gasteiger partial charge in [0, 0.05) is 19.6 Å². The molecule has 0 aromatic heterocycles. The third kappa shape index (κ3) is 12.6. The first-order chi connectivity index (χ1) is 13.3. The largest absolute Gasteiger partial charge is 0.395 e. The van der Waals surface area contributed by atoms with Gasteiger partial charge in [-0.15, -0.1) is 0 Å². The van der Waals surface area contributed by atoms with E-state index in [9.17, 15) is 5.11 Å². The first-order valence-electron chi connectivity index (χ1n) is 12.0. The molecule has 1 saturated heterocycles. The second kappa shape index (κ2) is 17.7. The lowest BCUT2D eigenvalue weighted by Crippen LogP contribution is -2.38. The van der Waals surface area contributed by atoms with Gasteiger partial charge in [0.25, 0.3) is 0 Å². The van der Waals surface area contributed by atoms with Gasteiger partial charge >= 0.3 is 0 Å². The standard InChI is InChI=1S/C24H48N2O/c1-3-4-5-6-7-8-9-10-11-12-13-14-15-16-17-18-19-24-25(2)20-21-26(24)22-23-27/h10-11,24,27H,3-9,12-23H2,1-2H3. The molecule has 0 aromatic rings. The van der Waals surface area contributed by atoms with Gasteiger partial charge in [0.1, 0.15) is 0 Å². The zero-order valence-electron chi connectivity index (χ0n) is 18.5. The van der Waals surface area contributed by atoms with E-state index in [0.717, 1.165) is 19.6 Å². The average Bonchev–Trinajstić information content (AvgIpc) is 3.01. The number of nitrogens with zero attached hydrogens (tertiary/aromatic N) is 2. The molecule has 3 nitrogen and oxygen atoms in total. The molecule has 0 saturated carbocycles. The molecule has 0 aromatic carbocycles. The first-order valence-corrected chi connectivity index (χ1v) is 12.0. The molecule has 1 unspecified atom stereocenters. The summed E-state index contributed by atoms with van der Waals surface area (Å²) in [5, 5.41) is 9.18. The summed E-state index contributed by atoms with van der Waals surface area (Å²) in [6, 6.07) is 0. The van der Waals surface area contributed by atoms with Gasteiger partial charge in [-0.05, 0) is 39.2 Å². The van der Waals surface area contributed by atoms with Gasteiger partial charge in [0.05, 0.1) is 12.8 Å². The summed E-state index contributed by atoms with van der Waals surface area (Å²) in [6.07, 6.45) is 25.9. The lowest BCUT2D eigenvalue weighted by molar-refractivity contribution is 0.120. The molecule has 1 fully saturated rings. The van der Waals surface area contributed by atoms with E-state index in [1.54, 1.807) is 0 Å². The number of aliphatic hydroxyl groups is 1. The van der Waals surface area contributed by atoms with Crippen molar-refractivity contribution in [1.82, 2.24) is 9.80 Å². The van der Waals surface area contributed by atoms with Crippen molar-refractivity contribution in [2.45, 2.75) is 109 Å². The Morgan fingerprint density at radius 2 is 1.33 bits per heavy atom. The van der Waals surface area contributed by atoms with Crippen molar-refractivity contribution < 1.29 is 5.11 Å². The van der Waals surface area contributed by atoms with E-state index in [0.29, 0.717) is 6.17 Å². The van der Waals surface area contributed by atoms with Crippen LogP contribution in [0.25, 0.3) is 0 Å². The molecule has 1 atom stereocenters. The molecular formula is C24H48N2O. The van der Waals surface area contributed by atoms with Gasteiger partial charge in [-0.2, -0.15) is 0 Å². The quantitative estimate of drug-likeness (QED) is 0.234. The summed E-state index contributed by atoms with van der Waals surface area (Å²) < 4.78 is 0. The average molecular weight is 381 g/mol. The highest BCUT2D eigenvalue weighted by molar-refractivity contribution is 4.81. The van der Waals surface area contributed by atoms with Crippen molar-refractivity contribution in [1.29, 1.82) is 0 Å². The van der Waals surface area contributed by atoms with Crippen molar-refractivity contribution in [3.8, 4) is 0 Å². The summed E-state index contributed by atoms with van der Waals surface area (Å²) in [6.45, 7) is 5.68. The van der Waals surface area contributed by atoms with Gasteiger partial charge in [0.15, 0.2) is 0 Å². The monoisotopic (exact) mass is 380 g/mol. The van der Waals surface area contributed by atoms with E-state index in [1.807, 2.05) is 0 Å². The second-order valence-corrected chi connectivity index (χ2v) is 8.45. The van der Waals surface area contributed by atoms with Gasteiger partial charge in [-0.1, -0.05) is 83.3 Å². The number of allylic oxidation sites excluding steroid dienone is 2. The smallest absolute Gasteiger partial charge is 0.0621 e. The fraction of sp³-hybridized carbons (Fsp3) is 0.917. The number of β-amino-alcohol motifs (C(OH)–C–C–N with tert-alkyl or cyclic N) is 1. The predicted octanol–water partition coefficient (Wildman–Crippen LogP) is 5.98. The van der Waals surface area contributed by atoms with E-state index in [1.165, 1.54) is 96.3 Å². The van der Waals surface area contributed by atoms with Crippen molar-refractivity contribution in [3.63, 3.8) is 0 Å². The maximum absolute atomic E-state index is 9.18. The van der Waals surface area contributed by atoms with Crippen LogP contribution in [0.5, 0.6) is 0 Å². The Kier molecular flexibility index (Phi) is 16.2. The van der Waals surface area contributed by atoms with E-state index in [-0.39, 0.29) is 6.61 Å². The Balaban J connectivity index is 1.84. The molecule has 3 heteroatoms. The normalized spacial score (nSPS) is 18.9. The van der Waals surface area contributed by atoms with Gasteiger partial charge in [-0.25, -0.2) is 0 Å². The summed E-state index contributed by atoms with van der Waals surface area (Å²) in [5.41, 5.74) is 0. The van der Waals surface area contributed by atoms with Crippen LogP contribution in [0.1, 0.15) is 103 Å². The highest BCUT2D eigenvalue weighted by Crippen LogP contribution is 2.19. The summed E-state index contributed by atoms with van der Waals surface area (Å²) >= 11 is 0. The number of likely N-dealkylation sites (N-methyl/N-ethyl adjacent to an activating group) is 1. The third-order valence-corrected chi connectivity index (χ3v) is 6.03. The molecule has 0 radical (unpaired) electrons. The molecule has 160 valence electrons. The van der Waals surface area contributed by atoms with Crippen LogP contribution in [0.3, 0.4) is 0 Å². The summed E-state index contributed by atoms with van der Waals surface area (Å²) in [7, 11) is 2.22. The maximum Gasteiger partial charge on any atom is 0.0621 e. The van der Waals surface area contributed by atoms with Crippen LogP contribution >= 0.6 is 0 Å². The van der Waals surface area contributed by atoms with Gasteiger partial charge in [-0.3, -0.25) is 9.80 Å². The maximum atomic E-state index is 9.18. The highest BCUT2D eigenvalue weighted by atomic mass is 16.3. The van der Waals surface area contributed by atoms with Crippen LogP contribution in [-0.4, -0.2) is 54.4 Å². The molecule has 1 aliphatic rings. The number of aliphatic hydroxyl groups excluding tert-OH is 1. The van der Waals surface area contributed by atoms with E-state index in [4.69, 9.17) is 0 Å². The van der Waals surface area contributed by atoms with Crippen LogP contribution in [0.15, 0.2) is 12.2 Å². The minimum atomic E-state index is 0.289. The minimum Gasteiger partial charge on any atom is -0.395 e. The molecule has 0 amide bonds. The molecule has 0 spiro atoms. The molecule has 0 bridgehead atoms. The molecule has 1 N–H and O–H groups in total. The Labute approximate surface area is 170 Å². The summed E-state index contributed by atoms with van der Waals surface area (Å²) in [5.74, 6) is 0. The summed E-state index contributed by atoms with van der Waals surface area (Å²) in [4.78, 5) is 4.89. The zero-order chi connectivity index (χ0) is 19.6. The Bertz CT molecular complexity index is 343. The second-order valence-electron chi connectivity index (χ2n) is 8.45. The van der Waals surface area contributed by atoms with Gasteiger partial charge < -0.3 is 5.11 Å².